The molecule has 1 fully saturated rings. The first-order chi connectivity index (χ1) is 11.6. The number of methoxy groups -OCH3 is 1. The van der Waals surface area contributed by atoms with Gasteiger partial charge in [-0.2, -0.15) is 0 Å². The predicted molar refractivity (Wildman–Crippen MR) is 112 cm³/mol. The van der Waals surface area contributed by atoms with Crippen LogP contribution in [0.15, 0.2) is 29.3 Å². The van der Waals surface area contributed by atoms with Gasteiger partial charge in [-0.1, -0.05) is 26.0 Å². The molecule has 3 N–H and O–H groups in total. The topological polar surface area (TPSA) is 74.8 Å². The molecule has 0 aliphatic heterocycles. The second kappa shape index (κ2) is 11.2. The van der Waals surface area contributed by atoms with Gasteiger partial charge in [-0.15, -0.1) is 24.0 Å². The molecule has 1 aromatic carbocycles. The maximum absolute atomic E-state index is 11.8. The molecule has 7 heteroatoms. The quantitative estimate of drug-likeness (QED) is 0.316. The van der Waals surface area contributed by atoms with Gasteiger partial charge < -0.3 is 20.7 Å². The van der Waals surface area contributed by atoms with Crippen LogP contribution < -0.4 is 20.7 Å². The van der Waals surface area contributed by atoms with Crippen LogP contribution in [0.3, 0.4) is 0 Å². The van der Waals surface area contributed by atoms with Crippen LogP contribution in [0.25, 0.3) is 0 Å². The van der Waals surface area contributed by atoms with E-state index in [0.29, 0.717) is 31.0 Å². The van der Waals surface area contributed by atoms with Crippen molar-refractivity contribution in [2.75, 3.05) is 20.2 Å². The van der Waals surface area contributed by atoms with Gasteiger partial charge >= 0.3 is 0 Å². The Morgan fingerprint density at radius 2 is 1.92 bits per heavy atom. The Morgan fingerprint density at radius 3 is 2.48 bits per heavy atom. The molecule has 6 nitrogen and oxygen atoms in total. The highest BCUT2D eigenvalue weighted by atomic mass is 127. The van der Waals surface area contributed by atoms with E-state index in [4.69, 9.17) is 4.74 Å². The molecule has 0 heterocycles. The fourth-order valence-corrected chi connectivity index (χ4v) is 2.02. The number of nitrogens with one attached hydrogen (secondary N) is 3. The number of rotatable bonds is 8. The molecule has 0 atom stereocenters. The summed E-state index contributed by atoms with van der Waals surface area (Å²) in [5, 5.41) is 9.34. The van der Waals surface area contributed by atoms with Crippen molar-refractivity contribution in [2.24, 2.45) is 10.9 Å². The third kappa shape index (κ3) is 8.94. The van der Waals surface area contributed by atoms with Crippen LogP contribution in [0, 0.1) is 5.92 Å². The van der Waals surface area contributed by atoms with Crippen molar-refractivity contribution in [3.8, 4) is 5.75 Å². The molecule has 1 aliphatic rings. The Bertz CT molecular complexity index is 557. The lowest BCUT2D eigenvalue weighted by Gasteiger charge is -2.13. The monoisotopic (exact) mass is 460 g/mol. The molecule has 1 aromatic rings. The summed E-state index contributed by atoms with van der Waals surface area (Å²) in [6.07, 6.45) is 2.31. The van der Waals surface area contributed by atoms with E-state index in [-0.39, 0.29) is 36.4 Å². The average molecular weight is 460 g/mol. The zero-order valence-corrected chi connectivity index (χ0v) is 17.5. The average Bonchev–Trinajstić information content (AvgIpc) is 3.40. The first kappa shape index (κ1) is 21.5. The highest BCUT2D eigenvalue weighted by Gasteiger charge is 2.22. The van der Waals surface area contributed by atoms with Crippen LogP contribution >= 0.6 is 24.0 Å². The number of nitrogens with zero attached hydrogens (tertiary/aromatic N) is 1. The lowest BCUT2D eigenvalue weighted by Crippen LogP contribution is -2.44. The van der Waals surface area contributed by atoms with Crippen molar-refractivity contribution in [2.45, 2.75) is 39.3 Å². The largest absolute Gasteiger partial charge is 0.497 e. The number of ether oxygens (including phenoxy) is 1. The number of benzene rings is 1. The number of carbonyl (C=O) groups is 1. The summed E-state index contributed by atoms with van der Waals surface area (Å²) in [6.45, 7) is 5.62. The lowest BCUT2D eigenvalue weighted by atomic mass is 10.2. The van der Waals surface area contributed by atoms with Crippen LogP contribution in [0.5, 0.6) is 5.75 Å². The Morgan fingerprint density at radius 1 is 1.24 bits per heavy atom. The second-order valence-corrected chi connectivity index (χ2v) is 6.48. The zero-order valence-electron chi connectivity index (χ0n) is 15.2. The Kier molecular flexibility index (Phi) is 9.62. The van der Waals surface area contributed by atoms with Gasteiger partial charge in [-0.25, -0.2) is 4.99 Å². The molecule has 1 amide bonds. The lowest BCUT2D eigenvalue weighted by molar-refractivity contribution is -0.120. The van der Waals surface area contributed by atoms with Crippen molar-refractivity contribution < 1.29 is 9.53 Å². The predicted octanol–water partition coefficient (Wildman–Crippen LogP) is 2.28. The first-order valence-electron chi connectivity index (χ1n) is 8.51. The van der Waals surface area contributed by atoms with Gasteiger partial charge in [0.15, 0.2) is 5.96 Å². The van der Waals surface area contributed by atoms with Crippen molar-refractivity contribution in [3.63, 3.8) is 0 Å². The van der Waals surface area contributed by atoms with Crippen molar-refractivity contribution >= 4 is 35.8 Å². The molecule has 0 spiro atoms. The SMILES string of the molecule is COc1ccc(CN=C(NCC(=O)NCC(C)C)NC2CC2)cc1.I. The molecule has 140 valence electrons. The third-order valence-corrected chi connectivity index (χ3v) is 3.62. The number of aliphatic imine (C=N–C) groups is 1. The number of guanidine groups is 1. The number of hydrogen-bond donors (Lipinski definition) is 3. The van der Waals surface area contributed by atoms with Gasteiger partial charge in [0.2, 0.25) is 5.91 Å². The molecular formula is C18H29IN4O2. The zero-order chi connectivity index (χ0) is 17.4. The maximum Gasteiger partial charge on any atom is 0.239 e. The molecule has 0 aromatic heterocycles. The van der Waals surface area contributed by atoms with E-state index in [1.807, 2.05) is 24.3 Å². The van der Waals surface area contributed by atoms with Gasteiger partial charge in [0.25, 0.3) is 0 Å². The van der Waals surface area contributed by atoms with E-state index >= 15 is 0 Å². The molecule has 0 bridgehead atoms. The Labute approximate surface area is 167 Å². The smallest absolute Gasteiger partial charge is 0.239 e. The highest BCUT2D eigenvalue weighted by Crippen LogP contribution is 2.18. The normalized spacial score (nSPS) is 13.8. The summed E-state index contributed by atoms with van der Waals surface area (Å²) >= 11 is 0. The minimum absolute atomic E-state index is 0. The molecule has 0 unspecified atom stereocenters. The summed E-state index contributed by atoms with van der Waals surface area (Å²) in [5.74, 6) is 1.95. The van der Waals surface area contributed by atoms with Crippen LogP contribution in [0.1, 0.15) is 32.3 Å². The minimum atomic E-state index is -0.0153. The van der Waals surface area contributed by atoms with E-state index in [1.54, 1.807) is 7.11 Å². The summed E-state index contributed by atoms with van der Waals surface area (Å²) < 4.78 is 5.16. The van der Waals surface area contributed by atoms with Gasteiger partial charge in [-0.05, 0) is 36.5 Å². The van der Waals surface area contributed by atoms with Crippen LogP contribution in [-0.4, -0.2) is 38.1 Å². The fraction of sp³-hybridized carbons (Fsp3) is 0.556. The van der Waals surface area contributed by atoms with Crippen LogP contribution in [0.2, 0.25) is 0 Å². The molecule has 0 saturated heterocycles. The van der Waals surface area contributed by atoms with Gasteiger partial charge in [0.1, 0.15) is 5.75 Å². The summed E-state index contributed by atoms with van der Waals surface area (Å²) in [4.78, 5) is 16.4. The molecule has 1 saturated carbocycles. The van der Waals surface area contributed by atoms with Crippen LogP contribution in [-0.2, 0) is 11.3 Å². The van der Waals surface area contributed by atoms with E-state index < -0.39 is 0 Å². The van der Waals surface area contributed by atoms with Gasteiger partial charge in [-0.3, -0.25) is 4.79 Å². The molecule has 1 aliphatic carbocycles. The molecular weight excluding hydrogens is 431 g/mol. The Balaban J connectivity index is 0.00000312. The number of halogens is 1. The van der Waals surface area contributed by atoms with Crippen molar-refractivity contribution in [3.05, 3.63) is 29.8 Å². The van der Waals surface area contributed by atoms with E-state index in [2.05, 4.69) is 34.8 Å². The summed E-state index contributed by atoms with van der Waals surface area (Å²) in [5.41, 5.74) is 1.09. The minimum Gasteiger partial charge on any atom is -0.497 e. The third-order valence-electron chi connectivity index (χ3n) is 3.62. The summed E-state index contributed by atoms with van der Waals surface area (Å²) in [6, 6.07) is 8.31. The van der Waals surface area contributed by atoms with Crippen molar-refractivity contribution in [1.29, 1.82) is 0 Å². The van der Waals surface area contributed by atoms with Gasteiger partial charge in [0.05, 0.1) is 20.2 Å². The van der Waals surface area contributed by atoms with Gasteiger partial charge in [0, 0.05) is 12.6 Å². The standard InChI is InChI=1S/C18H28N4O2.HI/c1-13(2)10-19-17(23)12-21-18(22-15-6-7-15)20-11-14-4-8-16(24-3)9-5-14;/h4-5,8-9,13,15H,6-7,10-12H2,1-3H3,(H,19,23)(H2,20,21,22);1H. The van der Waals surface area contributed by atoms with E-state index in [0.717, 1.165) is 24.2 Å². The number of amides is 1. The Hall–Kier alpha value is -1.51. The van der Waals surface area contributed by atoms with Crippen LogP contribution in [0.4, 0.5) is 0 Å². The summed E-state index contributed by atoms with van der Waals surface area (Å²) in [7, 11) is 1.65. The van der Waals surface area contributed by atoms with E-state index in [1.165, 1.54) is 0 Å². The number of hydrogen-bond acceptors (Lipinski definition) is 3. The number of carbonyl (C=O) groups excluding carboxylic acids is 1. The van der Waals surface area contributed by atoms with Crippen molar-refractivity contribution in [1.82, 2.24) is 16.0 Å². The molecule has 25 heavy (non-hydrogen) atoms. The highest BCUT2D eigenvalue weighted by molar-refractivity contribution is 14.0. The molecule has 0 radical (unpaired) electrons. The fourth-order valence-electron chi connectivity index (χ4n) is 2.02. The maximum atomic E-state index is 11.8. The van der Waals surface area contributed by atoms with E-state index in [9.17, 15) is 4.79 Å². The second-order valence-electron chi connectivity index (χ2n) is 6.48. The molecule has 2 rings (SSSR count). The first-order valence-corrected chi connectivity index (χ1v) is 8.51.